The average Bonchev–Trinajstić information content (AvgIpc) is 2.77. The lowest BCUT2D eigenvalue weighted by molar-refractivity contribution is 0.0462. The molecule has 0 amide bonds. The Kier molecular flexibility index (Phi) is 4.35. The highest BCUT2D eigenvalue weighted by Gasteiger charge is 2.28. The molecule has 0 aromatic rings. The third-order valence-corrected chi connectivity index (χ3v) is 3.72. The van der Waals surface area contributed by atoms with E-state index in [4.69, 9.17) is 4.74 Å². The van der Waals surface area contributed by atoms with Crippen molar-refractivity contribution in [3.63, 3.8) is 0 Å². The molecule has 15 heavy (non-hydrogen) atoms. The third kappa shape index (κ3) is 3.65. The van der Waals surface area contributed by atoms with E-state index in [1.807, 2.05) is 6.92 Å². The number of thiol groups is 1. The Morgan fingerprint density at radius 2 is 2.07 bits per heavy atom. The maximum Gasteiger partial charge on any atom is 0.0975 e. The van der Waals surface area contributed by atoms with E-state index in [-0.39, 0.29) is 5.44 Å². The van der Waals surface area contributed by atoms with Gasteiger partial charge < -0.3 is 9.64 Å². The summed E-state index contributed by atoms with van der Waals surface area (Å²) in [5.41, 5.74) is 0.0977. The molecule has 2 rings (SSSR count). The first-order chi connectivity index (χ1) is 7.24. The summed E-state index contributed by atoms with van der Waals surface area (Å²) >= 11 is 4.29. The number of rotatable bonds is 4. The van der Waals surface area contributed by atoms with Crippen LogP contribution in [0, 0.1) is 5.92 Å². The fourth-order valence-corrected chi connectivity index (χ4v) is 3.10. The molecule has 0 bridgehead atoms. The van der Waals surface area contributed by atoms with Gasteiger partial charge in [-0.25, -0.2) is 0 Å². The number of likely N-dealkylation sites (tertiary alicyclic amines) is 1. The van der Waals surface area contributed by atoms with Crippen LogP contribution in [0.4, 0.5) is 0 Å². The molecule has 88 valence electrons. The maximum atomic E-state index is 5.75. The van der Waals surface area contributed by atoms with Crippen LogP contribution in [-0.4, -0.2) is 36.1 Å². The summed E-state index contributed by atoms with van der Waals surface area (Å²) in [7, 11) is 0. The highest BCUT2D eigenvalue weighted by atomic mass is 32.1. The second-order valence-corrected chi connectivity index (χ2v) is 5.77. The van der Waals surface area contributed by atoms with Gasteiger partial charge in [0.05, 0.1) is 11.5 Å². The van der Waals surface area contributed by atoms with Crippen LogP contribution in [0.25, 0.3) is 0 Å². The Hall–Kier alpha value is 0.270. The first-order valence-electron chi connectivity index (χ1n) is 6.30. The second-order valence-electron chi connectivity index (χ2n) is 5.04. The maximum absolute atomic E-state index is 5.75. The van der Waals surface area contributed by atoms with Gasteiger partial charge in [-0.3, -0.25) is 0 Å². The summed E-state index contributed by atoms with van der Waals surface area (Å²) in [5.74, 6) is 0.875. The van der Waals surface area contributed by atoms with Crippen LogP contribution in [0.1, 0.15) is 39.0 Å². The van der Waals surface area contributed by atoms with Crippen LogP contribution >= 0.6 is 12.6 Å². The summed E-state index contributed by atoms with van der Waals surface area (Å²) in [4.78, 5) is 2.62. The Morgan fingerprint density at radius 1 is 1.33 bits per heavy atom. The van der Waals surface area contributed by atoms with Crippen molar-refractivity contribution in [3.8, 4) is 0 Å². The molecule has 1 aliphatic heterocycles. The summed E-state index contributed by atoms with van der Waals surface area (Å²) < 4.78 is 5.75. The van der Waals surface area contributed by atoms with Crippen LogP contribution < -0.4 is 0 Å². The van der Waals surface area contributed by atoms with Crippen LogP contribution in [0.2, 0.25) is 0 Å². The van der Waals surface area contributed by atoms with Crippen LogP contribution in [0.3, 0.4) is 0 Å². The summed E-state index contributed by atoms with van der Waals surface area (Å²) in [6, 6.07) is 0. The number of ether oxygens (including phenoxy) is 1. The molecule has 0 aromatic carbocycles. The molecule has 0 aromatic heterocycles. The predicted octanol–water partition coefficient (Wildman–Crippen LogP) is 2.54. The zero-order chi connectivity index (χ0) is 10.7. The van der Waals surface area contributed by atoms with Gasteiger partial charge in [0, 0.05) is 6.54 Å². The van der Waals surface area contributed by atoms with Crippen molar-refractivity contribution in [2.75, 3.05) is 19.6 Å². The minimum Gasteiger partial charge on any atom is -0.365 e. The zero-order valence-electron chi connectivity index (χ0n) is 9.69. The lowest BCUT2D eigenvalue weighted by Gasteiger charge is -2.20. The Morgan fingerprint density at radius 3 is 2.73 bits per heavy atom. The molecule has 1 saturated carbocycles. The number of hydrogen-bond acceptors (Lipinski definition) is 3. The van der Waals surface area contributed by atoms with Crippen molar-refractivity contribution in [2.45, 2.75) is 50.6 Å². The molecule has 2 nitrogen and oxygen atoms in total. The molecule has 3 unspecified atom stereocenters. The van der Waals surface area contributed by atoms with Crippen molar-refractivity contribution in [3.05, 3.63) is 0 Å². The summed E-state index contributed by atoms with van der Waals surface area (Å²) in [5, 5.41) is 0. The molecular weight excluding hydrogens is 206 g/mol. The molecule has 1 heterocycles. The first-order valence-corrected chi connectivity index (χ1v) is 6.81. The van der Waals surface area contributed by atoms with Crippen molar-refractivity contribution in [2.24, 2.45) is 5.92 Å². The standard InChI is InChI=1S/C12H23NOS/c1-10(15)14-12-5-4-11(8-12)9-13-6-2-3-7-13/h10-12,15H,2-9H2,1H3. The van der Waals surface area contributed by atoms with Crippen molar-refractivity contribution in [1.29, 1.82) is 0 Å². The van der Waals surface area contributed by atoms with Gasteiger partial charge in [0.2, 0.25) is 0 Å². The van der Waals surface area contributed by atoms with E-state index in [0.29, 0.717) is 6.10 Å². The highest BCUT2D eigenvalue weighted by Crippen LogP contribution is 2.30. The minimum atomic E-state index is 0.0977. The van der Waals surface area contributed by atoms with Gasteiger partial charge in [-0.15, -0.1) is 12.6 Å². The molecule has 2 aliphatic rings. The zero-order valence-corrected chi connectivity index (χ0v) is 10.6. The second kappa shape index (κ2) is 5.55. The molecular formula is C12H23NOS. The lowest BCUT2D eigenvalue weighted by Crippen LogP contribution is -2.26. The minimum absolute atomic E-state index is 0.0977. The Balaban J connectivity index is 1.67. The van der Waals surface area contributed by atoms with E-state index in [9.17, 15) is 0 Å². The van der Waals surface area contributed by atoms with Gasteiger partial charge >= 0.3 is 0 Å². The monoisotopic (exact) mass is 229 g/mol. The van der Waals surface area contributed by atoms with E-state index in [0.717, 1.165) is 5.92 Å². The summed E-state index contributed by atoms with van der Waals surface area (Å²) in [6.45, 7) is 5.97. The van der Waals surface area contributed by atoms with E-state index in [2.05, 4.69) is 17.5 Å². The van der Waals surface area contributed by atoms with Gasteiger partial charge in [0.1, 0.15) is 0 Å². The van der Waals surface area contributed by atoms with Gasteiger partial charge in [0.25, 0.3) is 0 Å². The molecule has 0 radical (unpaired) electrons. The lowest BCUT2D eigenvalue weighted by atomic mass is 10.1. The van der Waals surface area contributed by atoms with E-state index < -0.39 is 0 Å². The Labute approximate surface area is 98.8 Å². The molecule has 0 N–H and O–H groups in total. The fourth-order valence-electron chi connectivity index (χ4n) is 2.93. The third-order valence-electron chi connectivity index (χ3n) is 3.60. The quantitative estimate of drug-likeness (QED) is 0.587. The van der Waals surface area contributed by atoms with Crippen LogP contribution in [-0.2, 0) is 4.74 Å². The van der Waals surface area contributed by atoms with Gasteiger partial charge in [-0.05, 0) is 58.0 Å². The van der Waals surface area contributed by atoms with Gasteiger partial charge in [-0.2, -0.15) is 0 Å². The van der Waals surface area contributed by atoms with Crippen LogP contribution in [0.15, 0.2) is 0 Å². The molecule has 3 atom stereocenters. The smallest absolute Gasteiger partial charge is 0.0975 e. The topological polar surface area (TPSA) is 12.5 Å². The average molecular weight is 229 g/mol. The number of hydrogen-bond donors (Lipinski definition) is 1. The molecule has 1 saturated heterocycles. The summed E-state index contributed by atoms with van der Waals surface area (Å²) in [6.07, 6.45) is 7.12. The molecule has 1 aliphatic carbocycles. The van der Waals surface area contributed by atoms with Crippen molar-refractivity contribution >= 4 is 12.6 Å². The van der Waals surface area contributed by atoms with E-state index >= 15 is 0 Å². The first kappa shape index (κ1) is 11.7. The van der Waals surface area contributed by atoms with E-state index in [1.165, 1.54) is 51.7 Å². The van der Waals surface area contributed by atoms with Crippen molar-refractivity contribution in [1.82, 2.24) is 4.90 Å². The van der Waals surface area contributed by atoms with Crippen LogP contribution in [0.5, 0.6) is 0 Å². The van der Waals surface area contributed by atoms with Crippen molar-refractivity contribution < 1.29 is 4.74 Å². The predicted molar refractivity (Wildman–Crippen MR) is 66.3 cm³/mol. The largest absolute Gasteiger partial charge is 0.365 e. The fraction of sp³-hybridized carbons (Fsp3) is 1.00. The highest BCUT2D eigenvalue weighted by molar-refractivity contribution is 7.80. The Bertz CT molecular complexity index is 192. The number of nitrogens with zero attached hydrogens (tertiary/aromatic N) is 1. The SMILES string of the molecule is CC(S)OC1CCC(CN2CCCC2)C1. The molecule has 3 heteroatoms. The molecule has 2 fully saturated rings. The van der Waals surface area contributed by atoms with E-state index in [1.54, 1.807) is 0 Å². The molecule has 0 spiro atoms. The van der Waals surface area contributed by atoms with Gasteiger partial charge in [0.15, 0.2) is 0 Å². The van der Waals surface area contributed by atoms with Gasteiger partial charge in [-0.1, -0.05) is 0 Å². The normalized spacial score (nSPS) is 34.8.